The molecule has 1 heterocycles. The lowest BCUT2D eigenvalue weighted by Crippen LogP contribution is -2.40. The van der Waals surface area contributed by atoms with Gasteiger partial charge in [-0.3, -0.25) is 0 Å². The Bertz CT molecular complexity index is 713. The largest absolute Gasteiger partial charge is 0.497 e. The summed E-state index contributed by atoms with van der Waals surface area (Å²) in [5.74, 6) is 0.702. The van der Waals surface area contributed by atoms with E-state index in [1.54, 1.807) is 19.2 Å². The van der Waals surface area contributed by atoms with Gasteiger partial charge in [0.25, 0.3) is 0 Å². The first-order chi connectivity index (χ1) is 11.1. The predicted octanol–water partition coefficient (Wildman–Crippen LogP) is 3.58. The number of nitrogens with zero attached hydrogens (tertiary/aromatic N) is 1. The molecule has 0 radical (unpaired) electrons. The van der Waals surface area contributed by atoms with Gasteiger partial charge in [0.2, 0.25) is 0 Å². The van der Waals surface area contributed by atoms with Crippen LogP contribution in [0.5, 0.6) is 5.75 Å². The molecular formula is C17H17ClFN3O. The summed E-state index contributed by atoms with van der Waals surface area (Å²) in [7, 11) is 1.62. The van der Waals surface area contributed by atoms with Crippen molar-refractivity contribution in [3.63, 3.8) is 0 Å². The maximum absolute atomic E-state index is 14.2. The quantitative estimate of drug-likeness (QED) is 0.902. The number of halogens is 2. The van der Waals surface area contributed by atoms with Crippen molar-refractivity contribution in [2.45, 2.75) is 18.5 Å². The van der Waals surface area contributed by atoms with E-state index in [2.05, 4.69) is 10.3 Å². The van der Waals surface area contributed by atoms with E-state index in [0.717, 1.165) is 11.3 Å². The van der Waals surface area contributed by atoms with E-state index >= 15 is 0 Å². The monoisotopic (exact) mass is 333 g/mol. The number of hydrogen-bond acceptors (Lipinski definition) is 4. The van der Waals surface area contributed by atoms with Crippen molar-refractivity contribution in [3.8, 4) is 5.75 Å². The number of nitrogens with one attached hydrogen (secondary N) is 1. The molecule has 4 nitrogen and oxygen atoms in total. The van der Waals surface area contributed by atoms with Crippen LogP contribution >= 0.6 is 11.6 Å². The van der Waals surface area contributed by atoms with Crippen LogP contribution in [-0.2, 0) is 0 Å². The van der Waals surface area contributed by atoms with Crippen molar-refractivity contribution in [2.24, 2.45) is 10.7 Å². The second-order valence-electron chi connectivity index (χ2n) is 5.37. The van der Waals surface area contributed by atoms with E-state index in [1.807, 2.05) is 24.3 Å². The molecule has 0 spiro atoms. The highest BCUT2D eigenvalue weighted by Gasteiger charge is 2.28. The van der Waals surface area contributed by atoms with Crippen LogP contribution in [0.3, 0.4) is 0 Å². The zero-order valence-corrected chi connectivity index (χ0v) is 13.3. The Morgan fingerprint density at radius 1 is 1.26 bits per heavy atom. The van der Waals surface area contributed by atoms with Gasteiger partial charge < -0.3 is 15.8 Å². The highest BCUT2D eigenvalue weighted by Crippen LogP contribution is 2.36. The normalized spacial score (nSPS) is 20.6. The van der Waals surface area contributed by atoms with E-state index in [9.17, 15) is 4.39 Å². The highest BCUT2D eigenvalue weighted by molar-refractivity contribution is 6.31. The molecule has 2 unspecified atom stereocenters. The van der Waals surface area contributed by atoms with Crippen LogP contribution in [-0.4, -0.2) is 13.1 Å². The van der Waals surface area contributed by atoms with Crippen LogP contribution in [0, 0.1) is 5.82 Å². The topological polar surface area (TPSA) is 59.6 Å². The van der Waals surface area contributed by atoms with Gasteiger partial charge in [-0.25, -0.2) is 9.38 Å². The third kappa shape index (κ3) is 3.24. The summed E-state index contributed by atoms with van der Waals surface area (Å²) < 4.78 is 19.3. The van der Waals surface area contributed by atoms with E-state index in [4.69, 9.17) is 22.1 Å². The first kappa shape index (κ1) is 15.6. The summed E-state index contributed by atoms with van der Waals surface area (Å²) in [5, 5.41) is 3.40. The number of aliphatic imine (C=N–C) groups is 1. The van der Waals surface area contributed by atoms with Gasteiger partial charge in [-0.05, 0) is 36.2 Å². The Hall–Kier alpha value is -2.27. The Kier molecular flexibility index (Phi) is 4.39. The molecule has 6 heteroatoms. The number of methoxy groups -OCH3 is 1. The fraction of sp³-hybridized carbons (Fsp3) is 0.235. The second-order valence-corrected chi connectivity index (χ2v) is 5.78. The molecular weight excluding hydrogens is 317 g/mol. The SMILES string of the molecule is COc1ccc(C2CC(c3c(F)cccc3Cl)NC(N)=N2)cc1. The average molecular weight is 334 g/mol. The first-order valence-electron chi connectivity index (χ1n) is 7.26. The van der Waals surface area contributed by atoms with Gasteiger partial charge in [0.1, 0.15) is 11.6 Å². The average Bonchev–Trinajstić information content (AvgIpc) is 2.54. The lowest BCUT2D eigenvalue weighted by molar-refractivity contribution is 0.414. The third-order valence-corrected chi connectivity index (χ3v) is 4.25. The van der Waals surface area contributed by atoms with Gasteiger partial charge in [0, 0.05) is 10.6 Å². The lowest BCUT2D eigenvalue weighted by atomic mass is 9.93. The van der Waals surface area contributed by atoms with Crippen LogP contribution in [0.4, 0.5) is 4.39 Å². The van der Waals surface area contributed by atoms with E-state index in [1.165, 1.54) is 6.07 Å². The van der Waals surface area contributed by atoms with Crippen LogP contribution in [0.25, 0.3) is 0 Å². The Labute approximate surface area is 139 Å². The molecule has 1 aliphatic heterocycles. The molecule has 23 heavy (non-hydrogen) atoms. The van der Waals surface area contributed by atoms with E-state index in [-0.39, 0.29) is 23.9 Å². The van der Waals surface area contributed by atoms with E-state index in [0.29, 0.717) is 17.0 Å². The van der Waals surface area contributed by atoms with Crippen LogP contribution in [0.2, 0.25) is 5.02 Å². The minimum atomic E-state index is -0.349. The summed E-state index contributed by atoms with van der Waals surface area (Å²) in [6.45, 7) is 0. The fourth-order valence-electron chi connectivity index (χ4n) is 2.79. The van der Waals surface area contributed by atoms with Crippen molar-refractivity contribution in [2.75, 3.05) is 7.11 Å². The molecule has 3 N–H and O–H groups in total. The van der Waals surface area contributed by atoms with Crippen molar-refractivity contribution < 1.29 is 9.13 Å². The van der Waals surface area contributed by atoms with Crippen LogP contribution < -0.4 is 15.8 Å². The number of guanidine groups is 1. The maximum atomic E-state index is 14.2. The zero-order valence-electron chi connectivity index (χ0n) is 12.6. The number of rotatable bonds is 3. The third-order valence-electron chi connectivity index (χ3n) is 3.92. The Morgan fingerprint density at radius 3 is 2.65 bits per heavy atom. The Morgan fingerprint density at radius 2 is 2.00 bits per heavy atom. The summed E-state index contributed by atoms with van der Waals surface area (Å²) in [5.41, 5.74) is 7.31. The van der Waals surface area contributed by atoms with Gasteiger partial charge in [-0.2, -0.15) is 0 Å². The molecule has 2 aromatic rings. The lowest BCUT2D eigenvalue weighted by Gasteiger charge is -2.29. The summed E-state index contributed by atoms with van der Waals surface area (Å²) in [6.07, 6.45) is 0.563. The molecule has 2 atom stereocenters. The maximum Gasteiger partial charge on any atom is 0.189 e. The number of benzene rings is 2. The summed E-state index contributed by atoms with van der Waals surface area (Å²) in [6, 6.07) is 11.8. The smallest absolute Gasteiger partial charge is 0.189 e. The zero-order chi connectivity index (χ0) is 16.4. The molecule has 120 valence electrons. The Balaban J connectivity index is 1.91. The predicted molar refractivity (Wildman–Crippen MR) is 89.3 cm³/mol. The number of hydrogen-bond donors (Lipinski definition) is 2. The molecule has 1 aliphatic rings. The molecule has 2 aromatic carbocycles. The number of nitrogens with two attached hydrogens (primary N) is 1. The van der Waals surface area contributed by atoms with Crippen molar-refractivity contribution in [1.29, 1.82) is 0 Å². The van der Waals surface area contributed by atoms with Gasteiger partial charge in [0.15, 0.2) is 5.96 Å². The second kappa shape index (κ2) is 6.46. The van der Waals surface area contributed by atoms with Crippen molar-refractivity contribution >= 4 is 17.6 Å². The molecule has 0 amide bonds. The molecule has 0 fully saturated rings. The molecule has 0 saturated heterocycles. The minimum Gasteiger partial charge on any atom is -0.497 e. The van der Waals surface area contributed by atoms with Crippen LogP contribution in [0.15, 0.2) is 47.5 Å². The fourth-order valence-corrected chi connectivity index (χ4v) is 3.08. The summed E-state index contributed by atoms with van der Waals surface area (Å²) >= 11 is 6.17. The van der Waals surface area contributed by atoms with Crippen molar-refractivity contribution in [1.82, 2.24) is 5.32 Å². The highest BCUT2D eigenvalue weighted by atomic mass is 35.5. The molecule has 0 aliphatic carbocycles. The first-order valence-corrected chi connectivity index (χ1v) is 7.64. The van der Waals surface area contributed by atoms with Gasteiger partial charge in [0.05, 0.1) is 19.2 Å². The molecule has 3 rings (SSSR count). The van der Waals surface area contributed by atoms with Gasteiger partial charge in [-0.15, -0.1) is 0 Å². The summed E-state index contributed by atoms with van der Waals surface area (Å²) in [4.78, 5) is 4.42. The molecule has 0 aromatic heterocycles. The van der Waals surface area contributed by atoms with Gasteiger partial charge >= 0.3 is 0 Å². The van der Waals surface area contributed by atoms with Crippen molar-refractivity contribution in [3.05, 3.63) is 64.4 Å². The number of ether oxygens (including phenoxy) is 1. The standard InChI is InChI=1S/C17H17ClFN3O/c1-23-11-7-5-10(6-8-11)14-9-15(22-17(20)21-14)16-12(18)3-2-4-13(16)19/h2-8,14-15H,9H2,1H3,(H3,20,21,22). The minimum absolute atomic E-state index is 0.164. The van der Waals surface area contributed by atoms with Crippen LogP contribution in [0.1, 0.15) is 29.6 Å². The van der Waals surface area contributed by atoms with Gasteiger partial charge in [-0.1, -0.05) is 29.8 Å². The van der Waals surface area contributed by atoms with E-state index < -0.39 is 0 Å². The molecule has 0 bridgehead atoms. The molecule has 0 saturated carbocycles.